The van der Waals surface area contributed by atoms with Crippen LogP contribution in [0.15, 0.2) is 11.7 Å². The Kier molecular flexibility index (Phi) is 3.31. The summed E-state index contributed by atoms with van der Waals surface area (Å²) in [5, 5.41) is 13.7. The molecule has 0 saturated carbocycles. The molecule has 0 aromatic carbocycles. The van der Waals surface area contributed by atoms with Crippen molar-refractivity contribution >= 4 is 16.3 Å². The van der Waals surface area contributed by atoms with Crippen LogP contribution in [0.2, 0.25) is 0 Å². The molecule has 0 aliphatic heterocycles. The SMILES string of the molecule is Cc1nc2scc(C)n2c1CNC(C)c1nncn1C. The van der Waals surface area contributed by atoms with Gasteiger partial charge in [-0.05, 0) is 20.8 Å². The molecule has 3 rings (SSSR count). The third kappa shape index (κ3) is 2.12. The summed E-state index contributed by atoms with van der Waals surface area (Å²) in [7, 11) is 1.96. The van der Waals surface area contributed by atoms with Crippen LogP contribution in [-0.2, 0) is 13.6 Å². The van der Waals surface area contributed by atoms with Gasteiger partial charge in [0.15, 0.2) is 4.96 Å². The van der Waals surface area contributed by atoms with E-state index in [1.165, 1.54) is 11.4 Å². The largest absolute Gasteiger partial charge is 0.319 e. The number of aromatic nitrogens is 5. The fraction of sp³-hybridized carbons (Fsp3) is 0.462. The van der Waals surface area contributed by atoms with Crippen molar-refractivity contribution in [3.05, 3.63) is 34.6 Å². The van der Waals surface area contributed by atoms with Crippen LogP contribution in [0.25, 0.3) is 4.96 Å². The molecule has 20 heavy (non-hydrogen) atoms. The molecule has 0 aliphatic carbocycles. The number of nitrogens with zero attached hydrogens (tertiary/aromatic N) is 5. The maximum absolute atomic E-state index is 4.60. The van der Waals surface area contributed by atoms with Crippen LogP contribution in [0.3, 0.4) is 0 Å². The van der Waals surface area contributed by atoms with Crippen molar-refractivity contribution in [2.24, 2.45) is 7.05 Å². The number of rotatable bonds is 4. The molecule has 1 atom stereocenters. The van der Waals surface area contributed by atoms with Crippen LogP contribution < -0.4 is 5.32 Å². The van der Waals surface area contributed by atoms with Crippen LogP contribution in [0.1, 0.15) is 35.9 Å². The summed E-state index contributed by atoms with van der Waals surface area (Å²) >= 11 is 1.68. The lowest BCUT2D eigenvalue weighted by molar-refractivity contribution is 0.521. The molecule has 106 valence electrons. The van der Waals surface area contributed by atoms with Crippen molar-refractivity contribution in [2.75, 3.05) is 0 Å². The van der Waals surface area contributed by atoms with Gasteiger partial charge >= 0.3 is 0 Å². The van der Waals surface area contributed by atoms with Crippen molar-refractivity contribution in [1.29, 1.82) is 0 Å². The lowest BCUT2D eigenvalue weighted by Crippen LogP contribution is -2.22. The van der Waals surface area contributed by atoms with E-state index in [9.17, 15) is 0 Å². The van der Waals surface area contributed by atoms with Gasteiger partial charge in [-0.3, -0.25) is 4.40 Å². The van der Waals surface area contributed by atoms with Crippen molar-refractivity contribution in [3.8, 4) is 0 Å². The topological polar surface area (TPSA) is 60.0 Å². The maximum Gasteiger partial charge on any atom is 0.194 e. The van der Waals surface area contributed by atoms with E-state index in [1.54, 1.807) is 17.7 Å². The zero-order chi connectivity index (χ0) is 14.3. The number of aryl methyl sites for hydroxylation is 3. The Morgan fingerprint density at radius 3 is 2.90 bits per heavy atom. The fourth-order valence-corrected chi connectivity index (χ4v) is 3.33. The zero-order valence-electron chi connectivity index (χ0n) is 12.1. The average Bonchev–Trinajstić information content (AvgIpc) is 3.06. The Morgan fingerprint density at radius 2 is 2.20 bits per heavy atom. The zero-order valence-corrected chi connectivity index (χ0v) is 12.9. The summed E-state index contributed by atoms with van der Waals surface area (Å²) in [6.07, 6.45) is 1.72. The van der Waals surface area contributed by atoms with Crippen LogP contribution in [0.4, 0.5) is 0 Å². The molecule has 3 aromatic rings. The van der Waals surface area contributed by atoms with Crippen LogP contribution in [-0.4, -0.2) is 24.1 Å². The smallest absolute Gasteiger partial charge is 0.194 e. The monoisotopic (exact) mass is 290 g/mol. The first-order chi connectivity index (χ1) is 9.58. The first kappa shape index (κ1) is 13.3. The predicted molar refractivity (Wildman–Crippen MR) is 78.8 cm³/mol. The molecule has 3 heterocycles. The van der Waals surface area contributed by atoms with Gasteiger partial charge in [0.1, 0.15) is 12.2 Å². The summed E-state index contributed by atoms with van der Waals surface area (Å²) in [5.41, 5.74) is 3.53. The summed E-state index contributed by atoms with van der Waals surface area (Å²) < 4.78 is 4.16. The second kappa shape index (κ2) is 4.99. The number of thiazole rings is 1. The summed E-state index contributed by atoms with van der Waals surface area (Å²) in [6, 6.07) is 0.145. The summed E-state index contributed by atoms with van der Waals surface area (Å²) in [4.78, 5) is 5.66. The minimum absolute atomic E-state index is 0.145. The molecular formula is C13H18N6S. The molecule has 0 bridgehead atoms. The van der Waals surface area contributed by atoms with E-state index in [-0.39, 0.29) is 6.04 Å². The Bertz CT molecular complexity index is 737. The number of hydrogen-bond donors (Lipinski definition) is 1. The Balaban J connectivity index is 1.82. The van der Waals surface area contributed by atoms with Crippen LogP contribution in [0.5, 0.6) is 0 Å². The fourth-order valence-electron chi connectivity index (χ4n) is 2.40. The van der Waals surface area contributed by atoms with Gasteiger partial charge in [0.05, 0.1) is 17.4 Å². The lowest BCUT2D eigenvalue weighted by atomic mass is 10.2. The highest BCUT2D eigenvalue weighted by Gasteiger charge is 2.15. The van der Waals surface area contributed by atoms with E-state index in [1.807, 2.05) is 11.6 Å². The standard InChI is InChI=1S/C13H18N6S/c1-8-6-20-13-16-9(2)11(19(8)13)5-14-10(3)12-17-15-7-18(12)4/h6-7,10,14H,5H2,1-4H3. The van der Waals surface area contributed by atoms with Crippen molar-refractivity contribution in [2.45, 2.75) is 33.4 Å². The van der Waals surface area contributed by atoms with E-state index < -0.39 is 0 Å². The Labute approximate surface area is 121 Å². The van der Waals surface area contributed by atoms with E-state index >= 15 is 0 Å². The number of hydrogen-bond acceptors (Lipinski definition) is 5. The van der Waals surface area contributed by atoms with Crippen LogP contribution in [0, 0.1) is 13.8 Å². The normalized spacial score (nSPS) is 13.2. The molecule has 0 spiro atoms. The predicted octanol–water partition coefficient (Wildman–Crippen LogP) is 1.99. The van der Waals surface area contributed by atoms with Gasteiger partial charge in [-0.2, -0.15) is 0 Å². The molecule has 7 heteroatoms. The second-order valence-electron chi connectivity index (χ2n) is 5.04. The van der Waals surface area contributed by atoms with E-state index in [2.05, 4.69) is 51.1 Å². The molecule has 1 N–H and O–H groups in total. The molecule has 6 nitrogen and oxygen atoms in total. The van der Waals surface area contributed by atoms with Crippen molar-refractivity contribution in [3.63, 3.8) is 0 Å². The van der Waals surface area contributed by atoms with E-state index in [0.29, 0.717) is 0 Å². The number of fused-ring (bicyclic) bond motifs is 1. The minimum Gasteiger partial charge on any atom is -0.319 e. The summed E-state index contributed by atoms with van der Waals surface area (Å²) in [6.45, 7) is 7.03. The van der Waals surface area contributed by atoms with Gasteiger partial charge in [-0.15, -0.1) is 21.5 Å². The maximum atomic E-state index is 4.60. The second-order valence-corrected chi connectivity index (χ2v) is 5.88. The molecule has 0 radical (unpaired) electrons. The third-order valence-electron chi connectivity index (χ3n) is 3.54. The Morgan fingerprint density at radius 1 is 1.40 bits per heavy atom. The van der Waals surface area contributed by atoms with Gasteiger partial charge in [-0.1, -0.05) is 0 Å². The molecular weight excluding hydrogens is 272 g/mol. The third-order valence-corrected chi connectivity index (χ3v) is 4.48. The van der Waals surface area contributed by atoms with Crippen LogP contribution >= 0.6 is 11.3 Å². The summed E-state index contributed by atoms with van der Waals surface area (Å²) in [5.74, 6) is 0.936. The van der Waals surface area contributed by atoms with Gasteiger partial charge in [0.25, 0.3) is 0 Å². The first-order valence-electron chi connectivity index (χ1n) is 6.57. The van der Waals surface area contributed by atoms with Crippen molar-refractivity contribution < 1.29 is 0 Å². The Hall–Kier alpha value is -1.73. The lowest BCUT2D eigenvalue weighted by Gasteiger charge is -2.13. The van der Waals surface area contributed by atoms with Gasteiger partial charge in [-0.25, -0.2) is 4.98 Å². The number of nitrogens with one attached hydrogen (secondary N) is 1. The molecule has 0 aliphatic rings. The van der Waals surface area contributed by atoms with Gasteiger partial charge in [0, 0.05) is 24.7 Å². The highest BCUT2D eigenvalue weighted by molar-refractivity contribution is 7.15. The number of imidazole rings is 1. The molecule has 0 fully saturated rings. The van der Waals surface area contributed by atoms with E-state index in [0.717, 1.165) is 23.0 Å². The highest BCUT2D eigenvalue weighted by Crippen LogP contribution is 2.21. The quantitative estimate of drug-likeness (QED) is 0.798. The minimum atomic E-state index is 0.145. The highest BCUT2D eigenvalue weighted by atomic mass is 32.1. The molecule has 0 saturated heterocycles. The van der Waals surface area contributed by atoms with Crippen molar-refractivity contribution in [1.82, 2.24) is 29.5 Å². The molecule has 3 aromatic heterocycles. The molecule has 0 amide bonds. The van der Waals surface area contributed by atoms with Gasteiger partial charge < -0.3 is 9.88 Å². The first-order valence-corrected chi connectivity index (χ1v) is 7.45. The van der Waals surface area contributed by atoms with Gasteiger partial charge in [0.2, 0.25) is 0 Å². The van der Waals surface area contributed by atoms with E-state index in [4.69, 9.17) is 0 Å². The average molecular weight is 290 g/mol. The molecule has 1 unspecified atom stereocenters.